The van der Waals surface area contributed by atoms with Crippen molar-refractivity contribution in [3.8, 4) is 0 Å². The van der Waals surface area contributed by atoms with E-state index in [0.717, 1.165) is 54.3 Å². The molecule has 0 amide bonds. The van der Waals surface area contributed by atoms with Gasteiger partial charge in [0.25, 0.3) is 0 Å². The number of aromatic nitrogens is 4. The molecular weight excluding hydrogens is 495 g/mol. The Balaban J connectivity index is 1.43. The fraction of sp³-hybridized carbons (Fsp3) is 0.308. The zero-order valence-electron chi connectivity index (χ0n) is 20.3. The number of halogens is 2. The first-order chi connectivity index (χ1) is 17.5. The molecule has 8 nitrogen and oxygen atoms in total. The van der Waals surface area contributed by atoms with Crippen LogP contribution in [0, 0.1) is 0 Å². The Morgan fingerprint density at radius 2 is 1.78 bits per heavy atom. The average molecular weight is 523 g/mol. The quantitative estimate of drug-likeness (QED) is 0.248. The highest BCUT2D eigenvalue weighted by molar-refractivity contribution is 6.42. The van der Waals surface area contributed by atoms with E-state index in [9.17, 15) is 0 Å². The maximum Gasteiger partial charge on any atom is 0.229 e. The summed E-state index contributed by atoms with van der Waals surface area (Å²) in [7, 11) is 3.95. The fourth-order valence-electron chi connectivity index (χ4n) is 4.28. The second kappa shape index (κ2) is 10.7. The van der Waals surface area contributed by atoms with E-state index in [-0.39, 0.29) is 0 Å². The van der Waals surface area contributed by atoms with Gasteiger partial charge in [-0.1, -0.05) is 41.4 Å². The van der Waals surface area contributed by atoms with E-state index in [1.54, 1.807) is 6.21 Å². The van der Waals surface area contributed by atoms with Gasteiger partial charge >= 0.3 is 0 Å². The van der Waals surface area contributed by atoms with Crippen molar-refractivity contribution in [3.05, 3.63) is 70.0 Å². The number of fused-ring (bicyclic) bond motifs is 1. The van der Waals surface area contributed by atoms with Crippen LogP contribution >= 0.6 is 23.2 Å². The number of piperidine rings is 1. The van der Waals surface area contributed by atoms with Gasteiger partial charge in [-0.2, -0.15) is 15.1 Å². The number of nitrogens with one attached hydrogen (secondary N) is 1. The Kier molecular flexibility index (Phi) is 7.25. The van der Waals surface area contributed by atoms with Crippen molar-refractivity contribution < 1.29 is 0 Å². The van der Waals surface area contributed by atoms with Gasteiger partial charge in [-0.15, -0.1) is 0 Å². The predicted molar refractivity (Wildman–Crippen MR) is 149 cm³/mol. The van der Waals surface area contributed by atoms with Crippen molar-refractivity contribution in [2.75, 3.05) is 42.4 Å². The molecule has 0 spiro atoms. The zero-order chi connectivity index (χ0) is 25.1. The molecule has 2 aromatic heterocycles. The first kappa shape index (κ1) is 24.3. The lowest BCUT2D eigenvalue weighted by Crippen LogP contribution is -2.31. The summed E-state index contributed by atoms with van der Waals surface area (Å²) in [6.07, 6.45) is 5.29. The highest BCUT2D eigenvalue weighted by Crippen LogP contribution is 2.25. The summed E-state index contributed by atoms with van der Waals surface area (Å²) < 4.78 is 2.10. The summed E-state index contributed by atoms with van der Waals surface area (Å²) in [6.45, 7) is 2.52. The topological polar surface area (TPSA) is 74.5 Å². The second-order valence-corrected chi connectivity index (χ2v) is 9.83. The van der Waals surface area contributed by atoms with E-state index >= 15 is 0 Å². The molecule has 36 heavy (non-hydrogen) atoms. The Labute approximate surface area is 220 Å². The Morgan fingerprint density at radius 3 is 2.56 bits per heavy atom. The van der Waals surface area contributed by atoms with E-state index in [0.29, 0.717) is 28.2 Å². The van der Waals surface area contributed by atoms with Gasteiger partial charge in [-0.3, -0.25) is 5.43 Å². The molecule has 0 radical (unpaired) electrons. The van der Waals surface area contributed by atoms with Crippen LogP contribution in [0.15, 0.2) is 53.6 Å². The lowest BCUT2D eigenvalue weighted by molar-refractivity contribution is 0.568. The lowest BCUT2D eigenvalue weighted by atomic mass is 10.1. The first-order valence-corrected chi connectivity index (χ1v) is 12.7. The van der Waals surface area contributed by atoms with Crippen LogP contribution in [0.2, 0.25) is 10.0 Å². The molecule has 4 aromatic rings. The number of benzene rings is 2. The summed E-state index contributed by atoms with van der Waals surface area (Å²) in [6, 6.07) is 15.6. The van der Waals surface area contributed by atoms with E-state index < -0.39 is 0 Å². The molecule has 0 unspecified atom stereocenters. The normalized spacial score (nSPS) is 14.1. The van der Waals surface area contributed by atoms with Crippen LogP contribution in [0.25, 0.3) is 11.0 Å². The number of imidazole rings is 1. The minimum absolute atomic E-state index is 0.528. The number of para-hydroxylation sites is 2. The predicted octanol–water partition coefficient (Wildman–Crippen LogP) is 5.68. The molecule has 3 heterocycles. The van der Waals surface area contributed by atoms with Gasteiger partial charge in [-0.25, -0.2) is 4.98 Å². The van der Waals surface area contributed by atoms with Crippen molar-refractivity contribution in [3.63, 3.8) is 0 Å². The Bertz CT molecular complexity index is 1390. The fourth-order valence-corrected chi connectivity index (χ4v) is 4.60. The highest BCUT2D eigenvalue weighted by atomic mass is 35.5. The van der Waals surface area contributed by atoms with E-state index in [4.69, 9.17) is 38.2 Å². The number of hydrazone groups is 1. The van der Waals surface area contributed by atoms with Crippen LogP contribution in [0.4, 0.5) is 17.6 Å². The minimum atomic E-state index is 0.528. The highest BCUT2D eigenvalue weighted by Gasteiger charge is 2.16. The summed E-state index contributed by atoms with van der Waals surface area (Å²) in [5, 5.41) is 5.56. The minimum Gasteiger partial charge on any atom is -0.363 e. The van der Waals surface area contributed by atoms with Gasteiger partial charge in [-0.05, 0) is 49.1 Å². The number of nitrogens with zero attached hydrogens (tertiary/aromatic N) is 7. The van der Waals surface area contributed by atoms with Crippen LogP contribution in [0.5, 0.6) is 0 Å². The molecule has 1 aliphatic rings. The summed E-state index contributed by atoms with van der Waals surface area (Å²) in [4.78, 5) is 18.5. The van der Waals surface area contributed by atoms with Crippen molar-refractivity contribution in [1.82, 2.24) is 19.5 Å². The van der Waals surface area contributed by atoms with Gasteiger partial charge in [0.2, 0.25) is 5.95 Å². The smallest absolute Gasteiger partial charge is 0.229 e. The molecule has 1 aliphatic heterocycles. The molecule has 5 rings (SSSR count). The largest absolute Gasteiger partial charge is 0.363 e. The van der Waals surface area contributed by atoms with Crippen molar-refractivity contribution in [2.24, 2.45) is 5.10 Å². The molecule has 0 atom stereocenters. The number of hydrogen-bond acceptors (Lipinski definition) is 7. The molecule has 1 N–H and O–H groups in total. The molecule has 2 aromatic carbocycles. The third-order valence-electron chi connectivity index (χ3n) is 6.17. The molecule has 10 heteroatoms. The molecule has 1 fully saturated rings. The zero-order valence-corrected chi connectivity index (χ0v) is 21.8. The van der Waals surface area contributed by atoms with Gasteiger partial charge in [0.05, 0.1) is 27.3 Å². The second-order valence-electron chi connectivity index (χ2n) is 9.02. The van der Waals surface area contributed by atoms with Gasteiger partial charge in [0.15, 0.2) is 11.6 Å². The molecule has 186 valence electrons. The van der Waals surface area contributed by atoms with E-state index in [1.807, 2.05) is 67.5 Å². The third kappa shape index (κ3) is 5.39. The maximum absolute atomic E-state index is 6.26. The first-order valence-electron chi connectivity index (χ1n) is 12.0. The monoisotopic (exact) mass is 522 g/mol. The SMILES string of the molecule is CN(C)c1cc(N/N=C/c2nc3ccccc3n2Cc2ccc(Cl)c(Cl)c2)nc(N2CCCCC2)n1. The number of hydrogen-bond donors (Lipinski definition) is 1. The third-order valence-corrected chi connectivity index (χ3v) is 6.90. The van der Waals surface area contributed by atoms with Crippen LogP contribution in [0.3, 0.4) is 0 Å². The van der Waals surface area contributed by atoms with E-state index in [2.05, 4.69) is 20.0 Å². The van der Waals surface area contributed by atoms with Crippen molar-refractivity contribution >= 4 is 58.0 Å². The van der Waals surface area contributed by atoms with Crippen molar-refractivity contribution in [1.29, 1.82) is 0 Å². The number of rotatable bonds is 7. The summed E-state index contributed by atoms with van der Waals surface area (Å²) in [5.41, 5.74) is 6.01. The van der Waals surface area contributed by atoms with Crippen LogP contribution < -0.4 is 15.2 Å². The maximum atomic E-state index is 6.26. The van der Waals surface area contributed by atoms with Gasteiger partial charge in [0.1, 0.15) is 5.82 Å². The Hall–Kier alpha value is -3.36. The lowest BCUT2D eigenvalue weighted by Gasteiger charge is -2.27. The summed E-state index contributed by atoms with van der Waals surface area (Å²) in [5.74, 6) is 2.91. The molecular formula is C26H28Cl2N8. The van der Waals surface area contributed by atoms with Gasteiger partial charge in [0, 0.05) is 39.8 Å². The van der Waals surface area contributed by atoms with Crippen molar-refractivity contribution in [2.45, 2.75) is 25.8 Å². The van der Waals surface area contributed by atoms with Crippen LogP contribution in [-0.4, -0.2) is 52.9 Å². The van der Waals surface area contributed by atoms with Gasteiger partial charge < -0.3 is 14.4 Å². The molecule has 1 saturated heterocycles. The van der Waals surface area contributed by atoms with Crippen LogP contribution in [0.1, 0.15) is 30.7 Å². The van der Waals surface area contributed by atoms with E-state index in [1.165, 1.54) is 6.42 Å². The molecule has 0 saturated carbocycles. The molecule has 0 bridgehead atoms. The average Bonchev–Trinajstić information content (AvgIpc) is 3.23. The Morgan fingerprint density at radius 1 is 0.972 bits per heavy atom. The number of anilines is 3. The standard InChI is InChI=1S/C26H28Cl2N8/c1-34(2)24-15-23(31-26(32-24)35-12-6-3-7-13-35)33-29-16-25-30-21-8-4-5-9-22(21)36(25)17-18-10-11-19(27)20(28)14-18/h4-5,8-11,14-16H,3,6-7,12-13,17H2,1-2H3,(H,31,32,33)/b29-16+. The van der Waals surface area contributed by atoms with Crippen LogP contribution in [-0.2, 0) is 6.54 Å². The molecule has 0 aliphatic carbocycles. The summed E-state index contributed by atoms with van der Waals surface area (Å²) >= 11 is 12.4.